The summed E-state index contributed by atoms with van der Waals surface area (Å²) in [6.45, 7) is 1.80. The summed E-state index contributed by atoms with van der Waals surface area (Å²) in [6.07, 6.45) is 3.44. The van der Waals surface area contributed by atoms with Crippen molar-refractivity contribution in [3.8, 4) is 0 Å². The van der Waals surface area contributed by atoms with Crippen molar-refractivity contribution in [3.63, 3.8) is 0 Å². The molecule has 0 aliphatic rings. The molecular formula is C7H7N3O2S. The van der Waals surface area contributed by atoms with Crippen LogP contribution in [0.5, 0.6) is 0 Å². The lowest BCUT2D eigenvalue weighted by molar-refractivity contribution is 0.0710. The third-order valence-electron chi connectivity index (χ3n) is 1.80. The van der Waals surface area contributed by atoms with E-state index < -0.39 is 5.91 Å². The van der Waals surface area contributed by atoms with E-state index in [1.807, 2.05) is 0 Å². The molecule has 0 saturated carbocycles. The molecule has 2 rings (SSSR count). The Morgan fingerprint density at radius 2 is 2.54 bits per heavy atom. The lowest BCUT2D eigenvalue weighted by Gasteiger charge is -1.94. The lowest BCUT2D eigenvalue weighted by Crippen LogP contribution is -2.18. The Labute approximate surface area is 77.6 Å². The predicted octanol–water partition coefficient (Wildman–Crippen LogP) is 0.823. The van der Waals surface area contributed by atoms with E-state index >= 15 is 0 Å². The number of hydroxylamine groups is 1. The van der Waals surface area contributed by atoms with Crippen molar-refractivity contribution in [3.05, 3.63) is 23.0 Å². The van der Waals surface area contributed by atoms with E-state index in [9.17, 15) is 4.79 Å². The maximum Gasteiger partial charge on any atom is 0.286 e. The van der Waals surface area contributed by atoms with Crippen LogP contribution in [0, 0.1) is 6.92 Å². The van der Waals surface area contributed by atoms with Gasteiger partial charge in [-0.1, -0.05) is 11.3 Å². The molecule has 0 bridgehead atoms. The maximum absolute atomic E-state index is 11.1. The minimum absolute atomic E-state index is 0.477. The largest absolute Gasteiger partial charge is 0.294 e. The van der Waals surface area contributed by atoms with Crippen LogP contribution in [-0.2, 0) is 0 Å². The fraction of sp³-hybridized carbons (Fsp3) is 0.143. The topological polar surface area (TPSA) is 66.6 Å². The van der Waals surface area contributed by atoms with Crippen LogP contribution >= 0.6 is 11.3 Å². The van der Waals surface area contributed by atoms with E-state index in [0.717, 1.165) is 10.7 Å². The highest BCUT2D eigenvalue weighted by Crippen LogP contribution is 2.20. The van der Waals surface area contributed by atoms with Crippen molar-refractivity contribution >= 4 is 22.2 Å². The number of hydrogen-bond donors (Lipinski definition) is 2. The number of amides is 1. The highest BCUT2D eigenvalue weighted by molar-refractivity contribution is 7.19. The number of nitrogens with one attached hydrogen (secondary N) is 1. The van der Waals surface area contributed by atoms with Crippen LogP contribution in [0.2, 0.25) is 0 Å². The van der Waals surface area contributed by atoms with Crippen molar-refractivity contribution < 1.29 is 10.0 Å². The molecule has 1 amide bonds. The molecule has 0 aliphatic carbocycles. The van der Waals surface area contributed by atoms with Gasteiger partial charge in [0.1, 0.15) is 4.88 Å². The highest BCUT2D eigenvalue weighted by atomic mass is 32.1. The summed E-state index contributed by atoms with van der Waals surface area (Å²) in [7, 11) is 0. The zero-order valence-corrected chi connectivity index (χ0v) is 7.63. The van der Waals surface area contributed by atoms with Gasteiger partial charge in [-0.25, -0.2) is 10.5 Å². The second kappa shape index (κ2) is 2.82. The monoisotopic (exact) mass is 197 g/mol. The molecule has 6 heteroatoms. The first-order valence-electron chi connectivity index (χ1n) is 3.61. The van der Waals surface area contributed by atoms with Gasteiger partial charge in [0.25, 0.3) is 5.91 Å². The Morgan fingerprint density at radius 3 is 3.15 bits per heavy atom. The molecule has 0 atom stereocenters. The van der Waals surface area contributed by atoms with E-state index in [1.54, 1.807) is 29.2 Å². The average molecular weight is 197 g/mol. The number of carbonyl (C=O) groups is 1. The summed E-state index contributed by atoms with van der Waals surface area (Å²) in [4.78, 5) is 16.4. The molecule has 0 aromatic carbocycles. The number of imidazole rings is 1. The number of nitrogens with zero attached hydrogens (tertiary/aromatic N) is 2. The van der Waals surface area contributed by atoms with Crippen molar-refractivity contribution in [1.29, 1.82) is 0 Å². The van der Waals surface area contributed by atoms with Crippen molar-refractivity contribution in [2.75, 3.05) is 0 Å². The normalized spacial score (nSPS) is 10.6. The van der Waals surface area contributed by atoms with E-state index in [-0.39, 0.29) is 0 Å². The third kappa shape index (κ3) is 1.11. The number of hydrogen-bond acceptors (Lipinski definition) is 4. The van der Waals surface area contributed by atoms with Crippen LogP contribution in [-0.4, -0.2) is 20.5 Å². The van der Waals surface area contributed by atoms with Gasteiger partial charge in [-0.2, -0.15) is 0 Å². The highest BCUT2D eigenvalue weighted by Gasteiger charge is 2.14. The van der Waals surface area contributed by atoms with Crippen LogP contribution in [0.25, 0.3) is 4.96 Å². The Bertz CT molecular complexity index is 459. The molecule has 13 heavy (non-hydrogen) atoms. The first-order chi connectivity index (χ1) is 6.24. The fourth-order valence-electron chi connectivity index (χ4n) is 1.16. The van der Waals surface area contributed by atoms with Gasteiger partial charge < -0.3 is 0 Å². The predicted molar refractivity (Wildman–Crippen MR) is 47.1 cm³/mol. The second-order valence-electron chi connectivity index (χ2n) is 2.54. The Morgan fingerprint density at radius 1 is 1.77 bits per heavy atom. The van der Waals surface area contributed by atoms with E-state index in [1.165, 1.54) is 11.3 Å². The standard InChI is InChI=1S/C7H7N3O2S/c1-4-5(6(11)9-12)13-7-8-2-3-10(4)7/h2-3,12H,1H3,(H,9,11). The van der Waals surface area contributed by atoms with Gasteiger partial charge >= 0.3 is 0 Å². The molecule has 2 heterocycles. The summed E-state index contributed by atoms with van der Waals surface area (Å²) < 4.78 is 1.80. The van der Waals surface area contributed by atoms with Crippen LogP contribution in [0.3, 0.4) is 0 Å². The molecular weight excluding hydrogens is 190 g/mol. The van der Waals surface area contributed by atoms with Gasteiger partial charge in [-0.05, 0) is 6.92 Å². The summed E-state index contributed by atoms with van der Waals surface area (Å²) in [5.41, 5.74) is 2.38. The molecule has 0 aliphatic heterocycles. The van der Waals surface area contributed by atoms with Crippen molar-refractivity contribution in [2.24, 2.45) is 0 Å². The zero-order chi connectivity index (χ0) is 9.42. The number of thiazole rings is 1. The molecule has 2 aromatic heterocycles. The van der Waals surface area contributed by atoms with Gasteiger partial charge in [0.15, 0.2) is 4.96 Å². The molecule has 0 unspecified atom stereocenters. The molecule has 0 radical (unpaired) electrons. The van der Waals surface area contributed by atoms with Gasteiger partial charge in [0.2, 0.25) is 0 Å². The SMILES string of the molecule is Cc1c(C(=O)NO)sc2nccn12. The molecule has 2 aromatic rings. The lowest BCUT2D eigenvalue weighted by atomic mass is 10.4. The van der Waals surface area contributed by atoms with Crippen molar-refractivity contribution in [2.45, 2.75) is 6.92 Å². The zero-order valence-electron chi connectivity index (χ0n) is 6.81. The summed E-state index contributed by atoms with van der Waals surface area (Å²) >= 11 is 1.24. The Balaban J connectivity index is 2.64. The number of fused-ring (bicyclic) bond motifs is 1. The Hall–Kier alpha value is -1.40. The molecule has 68 valence electrons. The van der Waals surface area contributed by atoms with Crippen LogP contribution in [0.1, 0.15) is 15.4 Å². The number of aromatic nitrogens is 2. The first kappa shape index (κ1) is 8.21. The van der Waals surface area contributed by atoms with Gasteiger partial charge in [0, 0.05) is 18.1 Å². The smallest absolute Gasteiger partial charge is 0.286 e. The first-order valence-corrected chi connectivity index (χ1v) is 4.42. The average Bonchev–Trinajstić information content (AvgIpc) is 2.68. The Kier molecular flexibility index (Phi) is 1.78. The van der Waals surface area contributed by atoms with Gasteiger partial charge in [-0.3, -0.25) is 14.4 Å². The van der Waals surface area contributed by atoms with Crippen LogP contribution in [0.4, 0.5) is 0 Å². The summed E-state index contributed by atoms with van der Waals surface area (Å²) in [5, 5.41) is 8.45. The van der Waals surface area contributed by atoms with Crippen molar-refractivity contribution in [1.82, 2.24) is 14.9 Å². The molecule has 0 spiro atoms. The minimum Gasteiger partial charge on any atom is -0.294 e. The summed E-state index contributed by atoms with van der Waals surface area (Å²) in [5.74, 6) is -0.493. The molecule has 2 N–H and O–H groups in total. The number of aryl methyl sites for hydroxylation is 1. The minimum atomic E-state index is -0.493. The molecule has 5 nitrogen and oxygen atoms in total. The maximum atomic E-state index is 11.1. The van der Waals surface area contributed by atoms with Gasteiger partial charge in [-0.15, -0.1) is 0 Å². The third-order valence-corrected chi connectivity index (χ3v) is 2.97. The van der Waals surface area contributed by atoms with E-state index in [0.29, 0.717) is 4.88 Å². The van der Waals surface area contributed by atoms with Crippen LogP contribution in [0.15, 0.2) is 12.4 Å². The van der Waals surface area contributed by atoms with Crippen LogP contribution < -0.4 is 5.48 Å². The summed E-state index contributed by atoms with van der Waals surface area (Å²) in [6, 6.07) is 0. The number of carbonyl (C=O) groups excluding carboxylic acids is 1. The second-order valence-corrected chi connectivity index (χ2v) is 3.51. The fourth-order valence-corrected chi connectivity index (χ4v) is 2.13. The van der Waals surface area contributed by atoms with E-state index in [4.69, 9.17) is 5.21 Å². The van der Waals surface area contributed by atoms with E-state index in [2.05, 4.69) is 4.98 Å². The number of rotatable bonds is 1. The molecule has 0 fully saturated rings. The molecule has 0 saturated heterocycles. The quantitative estimate of drug-likeness (QED) is 0.525. The van der Waals surface area contributed by atoms with Gasteiger partial charge in [0.05, 0.1) is 0 Å².